The highest BCUT2D eigenvalue weighted by molar-refractivity contribution is 5.98. The van der Waals surface area contributed by atoms with Crippen LogP contribution in [0.2, 0.25) is 0 Å². The molecule has 5 rings (SSSR count). The first-order chi connectivity index (χ1) is 18.9. The molecule has 4 aromatic carbocycles. The quantitative estimate of drug-likeness (QED) is 0.127. The monoisotopic (exact) mass is 554 g/mol. The van der Waals surface area contributed by atoms with Crippen molar-refractivity contribution < 1.29 is 40.3 Å². The molecule has 0 unspecified atom stereocenters. The maximum absolute atomic E-state index is 13.9. The van der Waals surface area contributed by atoms with Crippen LogP contribution in [0, 0.1) is 0 Å². The van der Waals surface area contributed by atoms with E-state index in [2.05, 4.69) is 0 Å². The van der Waals surface area contributed by atoms with Crippen molar-refractivity contribution in [2.45, 2.75) is 12.4 Å². The van der Waals surface area contributed by atoms with Crippen molar-refractivity contribution in [3.63, 3.8) is 0 Å². The van der Waals surface area contributed by atoms with E-state index in [1.54, 1.807) is 12.1 Å². The van der Waals surface area contributed by atoms with E-state index < -0.39 is 46.2 Å². The molecule has 4 nitrogen and oxygen atoms in total. The molecule has 1 heterocycles. The second kappa shape index (κ2) is 10.0. The van der Waals surface area contributed by atoms with Gasteiger partial charge in [-0.05, 0) is 47.0 Å². The molecule has 0 bridgehead atoms. The van der Waals surface area contributed by atoms with E-state index >= 15 is 0 Å². The third-order valence-electron chi connectivity index (χ3n) is 6.06. The summed E-state index contributed by atoms with van der Waals surface area (Å²) in [7, 11) is 0. The minimum Gasteiger partial charge on any atom is -0.450 e. The molecule has 0 fully saturated rings. The van der Waals surface area contributed by atoms with Crippen LogP contribution in [0.3, 0.4) is 0 Å². The number of carbonyl (C=O) groups excluding carboxylic acids is 1. The summed E-state index contributed by atoms with van der Waals surface area (Å²) in [6.07, 6.45) is -9.53. The van der Waals surface area contributed by atoms with Crippen molar-refractivity contribution >= 4 is 16.9 Å². The zero-order valence-electron chi connectivity index (χ0n) is 20.1. The average Bonchev–Trinajstić information content (AvgIpc) is 2.92. The molecule has 1 aromatic heterocycles. The fourth-order valence-electron chi connectivity index (χ4n) is 4.22. The topological polar surface area (TPSA) is 56.5 Å². The van der Waals surface area contributed by atoms with E-state index in [9.17, 15) is 35.9 Å². The molecule has 0 aliphatic heterocycles. The Morgan fingerprint density at radius 1 is 0.700 bits per heavy atom. The van der Waals surface area contributed by atoms with Gasteiger partial charge in [0.1, 0.15) is 11.3 Å². The lowest BCUT2D eigenvalue weighted by molar-refractivity contribution is -0.152. The van der Waals surface area contributed by atoms with Gasteiger partial charge in [-0.1, -0.05) is 60.7 Å². The van der Waals surface area contributed by atoms with E-state index in [1.165, 1.54) is 66.7 Å². The Morgan fingerprint density at radius 3 is 2.00 bits per heavy atom. The fourth-order valence-corrected chi connectivity index (χ4v) is 4.22. The molecule has 0 saturated heterocycles. The molecule has 10 heteroatoms. The van der Waals surface area contributed by atoms with Crippen LogP contribution in [0.1, 0.15) is 21.7 Å². The average molecular weight is 554 g/mol. The third-order valence-corrected chi connectivity index (χ3v) is 6.06. The Balaban J connectivity index is 1.52. The number of hydrogen-bond acceptors (Lipinski definition) is 4. The maximum atomic E-state index is 13.9. The van der Waals surface area contributed by atoms with Gasteiger partial charge in [-0.3, -0.25) is 4.79 Å². The van der Waals surface area contributed by atoms with E-state index in [0.29, 0.717) is 5.56 Å². The minimum absolute atomic E-state index is 0.000727. The first-order valence-electron chi connectivity index (χ1n) is 11.7. The maximum Gasteiger partial charge on any atom is 0.450 e. The van der Waals surface area contributed by atoms with Crippen LogP contribution in [-0.4, -0.2) is 5.97 Å². The van der Waals surface area contributed by atoms with Gasteiger partial charge in [0, 0.05) is 6.07 Å². The van der Waals surface area contributed by atoms with Crippen molar-refractivity contribution in [3.8, 4) is 28.0 Å². The number of hydrogen-bond donors (Lipinski definition) is 0. The molecule has 0 N–H and O–H groups in total. The van der Waals surface area contributed by atoms with Crippen LogP contribution in [0.5, 0.6) is 5.75 Å². The van der Waals surface area contributed by atoms with Gasteiger partial charge in [0.2, 0.25) is 11.2 Å². The number of esters is 1. The zero-order valence-corrected chi connectivity index (χ0v) is 20.1. The van der Waals surface area contributed by atoms with Crippen LogP contribution < -0.4 is 10.2 Å². The van der Waals surface area contributed by atoms with E-state index in [4.69, 9.17) is 9.15 Å². The van der Waals surface area contributed by atoms with Gasteiger partial charge in [-0.25, -0.2) is 4.79 Å². The highest BCUT2D eigenvalue weighted by atomic mass is 19.4. The molecule has 0 atom stereocenters. The van der Waals surface area contributed by atoms with Crippen LogP contribution in [-0.2, 0) is 12.4 Å². The molecule has 5 aromatic rings. The summed E-state index contributed by atoms with van der Waals surface area (Å²) in [6.45, 7) is 0. The highest BCUT2D eigenvalue weighted by Gasteiger charge is 2.39. The first-order valence-corrected chi connectivity index (χ1v) is 11.7. The molecule has 40 heavy (non-hydrogen) atoms. The fraction of sp³-hybridized carbons (Fsp3) is 0.0667. The SMILES string of the molecule is O=C(Oc1ccc2c(=O)c(-c3ccccc3)c(C(F)(F)F)oc2c1)c1ccccc1-c1ccc(C(F)(F)F)cc1. The molecule has 0 saturated carbocycles. The van der Waals surface area contributed by atoms with E-state index in [0.717, 1.165) is 18.2 Å². The van der Waals surface area contributed by atoms with Gasteiger partial charge in [0.25, 0.3) is 0 Å². The molecule has 202 valence electrons. The number of alkyl halides is 6. The lowest BCUT2D eigenvalue weighted by Crippen LogP contribution is -2.16. The van der Waals surface area contributed by atoms with Crippen molar-refractivity contribution in [3.05, 3.63) is 124 Å². The molecule has 0 aliphatic rings. The Hall–Kier alpha value is -4.86. The number of rotatable bonds is 4. The zero-order chi connectivity index (χ0) is 28.7. The Labute approximate surface area is 222 Å². The summed E-state index contributed by atoms with van der Waals surface area (Å²) < 4.78 is 91.0. The minimum atomic E-state index is -4.99. The summed E-state index contributed by atoms with van der Waals surface area (Å²) in [4.78, 5) is 26.1. The van der Waals surface area contributed by atoms with E-state index in [1.807, 2.05) is 0 Å². The van der Waals surface area contributed by atoms with Gasteiger partial charge < -0.3 is 9.15 Å². The van der Waals surface area contributed by atoms with Crippen molar-refractivity contribution in [2.24, 2.45) is 0 Å². The number of fused-ring (bicyclic) bond motifs is 1. The van der Waals surface area contributed by atoms with Crippen LogP contribution in [0.4, 0.5) is 26.3 Å². The summed E-state index contributed by atoms with van der Waals surface area (Å²) >= 11 is 0. The predicted octanol–water partition coefficient (Wildman–Crippen LogP) is 8.38. The summed E-state index contributed by atoms with van der Waals surface area (Å²) in [6, 6.07) is 20.9. The van der Waals surface area contributed by atoms with Gasteiger partial charge in [0.15, 0.2) is 0 Å². The Morgan fingerprint density at radius 2 is 1.35 bits per heavy atom. The number of halogens is 6. The predicted molar refractivity (Wildman–Crippen MR) is 135 cm³/mol. The Kier molecular flexibility index (Phi) is 6.70. The van der Waals surface area contributed by atoms with Crippen molar-refractivity contribution in [2.75, 3.05) is 0 Å². The molecule has 0 radical (unpaired) electrons. The Bertz CT molecular complexity index is 1770. The molecule has 0 aliphatic carbocycles. The molecule has 0 spiro atoms. The standard InChI is InChI=1S/C30H16F6O4/c31-29(32,33)19-12-10-17(11-13-19)21-8-4-5-9-22(21)28(38)39-20-14-15-23-24(16-20)40-27(30(34,35)36)25(26(23)37)18-6-2-1-3-7-18/h1-16H. The first kappa shape index (κ1) is 26.7. The van der Waals surface area contributed by atoms with Gasteiger partial charge in [0.05, 0.1) is 22.1 Å². The lowest BCUT2D eigenvalue weighted by atomic mass is 9.98. The van der Waals surface area contributed by atoms with Gasteiger partial charge in [-0.2, -0.15) is 26.3 Å². The van der Waals surface area contributed by atoms with Crippen LogP contribution in [0.15, 0.2) is 106 Å². The normalized spacial score (nSPS) is 11.9. The summed E-state index contributed by atoms with van der Waals surface area (Å²) in [5.74, 6) is -2.62. The third kappa shape index (κ3) is 5.20. The smallest absolute Gasteiger partial charge is 0.450 e. The van der Waals surface area contributed by atoms with E-state index in [-0.39, 0.29) is 27.8 Å². The largest absolute Gasteiger partial charge is 0.450 e. The second-order valence-corrected chi connectivity index (χ2v) is 8.67. The van der Waals surface area contributed by atoms with Gasteiger partial charge >= 0.3 is 18.3 Å². The number of ether oxygens (including phenoxy) is 1. The molecular weight excluding hydrogens is 538 g/mol. The number of benzene rings is 4. The van der Waals surface area contributed by atoms with Crippen LogP contribution >= 0.6 is 0 Å². The number of carbonyl (C=O) groups is 1. The van der Waals surface area contributed by atoms with Crippen molar-refractivity contribution in [1.82, 2.24) is 0 Å². The van der Waals surface area contributed by atoms with Crippen molar-refractivity contribution in [1.29, 1.82) is 0 Å². The van der Waals surface area contributed by atoms with Crippen LogP contribution in [0.25, 0.3) is 33.2 Å². The van der Waals surface area contributed by atoms with Gasteiger partial charge in [-0.15, -0.1) is 0 Å². The lowest BCUT2D eigenvalue weighted by Gasteiger charge is -2.14. The molecule has 0 amide bonds. The highest BCUT2D eigenvalue weighted by Crippen LogP contribution is 2.38. The second-order valence-electron chi connectivity index (χ2n) is 8.67. The summed E-state index contributed by atoms with van der Waals surface area (Å²) in [5, 5.41) is -0.156. The summed E-state index contributed by atoms with van der Waals surface area (Å²) in [5.41, 5.74) is -2.24. The molecular formula is C30H16F6O4.